The lowest BCUT2D eigenvalue weighted by Gasteiger charge is -2.19. The Morgan fingerprint density at radius 3 is 0.982 bits per heavy atom. The molecule has 0 saturated heterocycles. The summed E-state index contributed by atoms with van der Waals surface area (Å²) in [4.78, 5) is 3.95. The molecule has 0 radical (unpaired) electrons. The number of halogens is 12. The summed E-state index contributed by atoms with van der Waals surface area (Å²) in [5.41, 5.74) is -6.55. The molecular formula is C40H18F12N4. The van der Waals surface area contributed by atoms with Crippen molar-refractivity contribution in [2.75, 3.05) is 0 Å². The van der Waals surface area contributed by atoms with Crippen molar-refractivity contribution < 1.29 is 52.7 Å². The molecule has 0 aliphatic carbocycles. The SMILES string of the molecule is N#Cc1c(-n2c3cc(C(F)(F)F)ccc3c3ccc(C(F)(F)F)cc32)cc(-c2ccncc2)cc1-n1c2cc(C(F)(F)F)ccc2c2ccc(C(F)(F)F)cc21. The second-order valence-electron chi connectivity index (χ2n) is 12.8. The lowest BCUT2D eigenvalue weighted by Crippen LogP contribution is -2.09. The molecule has 3 aromatic heterocycles. The number of rotatable bonds is 3. The average Bonchev–Trinajstić information content (AvgIpc) is 3.64. The quantitative estimate of drug-likeness (QED) is 0.168. The topological polar surface area (TPSA) is 46.5 Å². The van der Waals surface area contributed by atoms with Gasteiger partial charge in [-0.05, 0) is 83.9 Å². The van der Waals surface area contributed by atoms with Gasteiger partial charge in [0.25, 0.3) is 0 Å². The molecule has 0 amide bonds. The summed E-state index contributed by atoms with van der Waals surface area (Å²) in [7, 11) is 0. The molecule has 0 unspecified atom stereocenters. The summed E-state index contributed by atoms with van der Waals surface area (Å²) in [5.74, 6) is 0. The summed E-state index contributed by atoms with van der Waals surface area (Å²) < 4.78 is 172. The lowest BCUT2D eigenvalue weighted by atomic mass is 10.0. The van der Waals surface area contributed by atoms with Gasteiger partial charge in [-0.15, -0.1) is 0 Å². The van der Waals surface area contributed by atoms with E-state index in [2.05, 4.69) is 4.98 Å². The van der Waals surface area contributed by atoms with Crippen molar-refractivity contribution in [2.24, 2.45) is 0 Å². The average molecular weight is 783 g/mol. The van der Waals surface area contributed by atoms with E-state index in [0.29, 0.717) is 29.8 Å². The molecule has 0 saturated carbocycles. The maximum atomic E-state index is 14.2. The van der Waals surface area contributed by atoms with Crippen LogP contribution in [0.1, 0.15) is 27.8 Å². The van der Waals surface area contributed by atoms with Crippen molar-refractivity contribution in [3.8, 4) is 28.6 Å². The van der Waals surface area contributed by atoms with Crippen LogP contribution in [0.25, 0.3) is 66.1 Å². The van der Waals surface area contributed by atoms with Crippen LogP contribution in [0.5, 0.6) is 0 Å². The highest BCUT2D eigenvalue weighted by molar-refractivity contribution is 6.11. The van der Waals surface area contributed by atoms with E-state index >= 15 is 0 Å². The minimum atomic E-state index is -4.93. The number of pyridine rings is 1. The predicted molar refractivity (Wildman–Crippen MR) is 183 cm³/mol. The van der Waals surface area contributed by atoms with Crippen molar-refractivity contribution in [3.05, 3.63) is 137 Å². The first-order valence-electron chi connectivity index (χ1n) is 16.2. The van der Waals surface area contributed by atoms with Gasteiger partial charge in [-0.1, -0.05) is 24.3 Å². The highest BCUT2D eigenvalue weighted by atomic mass is 19.4. The Bertz CT molecular complexity index is 2610. The molecule has 8 aromatic rings. The molecule has 0 N–H and O–H groups in total. The second kappa shape index (κ2) is 12.3. The zero-order valence-electron chi connectivity index (χ0n) is 27.7. The van der Waals surface area contributed by atoms with Gasteiger partial charge in [-0.2, -0.15) is 57.9 Å². The van der Waals surface area contributed by atoms with Crippen molar-refractivity contribution in [2.45, 2.75) is 24.7 Å². The van der Waals surface area contributed by atoms with Gasteiger partial charge in [0.05, 0.1) is 55.7 Å². The second-order valence-corrected chi connectivity index (χ2v) is 12.8. The number of aromatic nitrogens is 3. The Hall–Kier alpha value is -6.50. The molecule has 16 heteroatoms. The van der Waals surface area contributed by atoms with E-state index < -0.39 is 52.5 Å². The summed E-state index contributed by atoms with van der Waals surface area (Å²) in [6, 6.07) is 17.4. The van der Waals surface area contributed by atoms with Gasteiger partial charge in [0.15, 0.2) is 0 Å². The van der Waals surface area contributed by atoms with Gasteiger partial charge in [0.1, 0.15) is 11.6 Å². The van der Waals surface area contributed by atoms with Gasteiger partial charge in [-0.3, -0.25) is 4.98 Å². The normalized spacial score (nSPS) is 13.0. The minimum absolute atomic E-state index is 0.0583. The molecule has 0 aliphatic rings. The molecule has 3 heterocycles. The van der Waals surface area contributed by atoms with Gasteiger partial charge in [-0.25, -0.2) is 0 Å². The van der Waals surface area contributed by atoms with E-state index in [1.165, 1.54) is 36.7 Å². The fourth-order valence-corrected chi connectivity index (χ4v) is 7.05. The van der Waals surface area contributed by atoms with E-state index in [1.54, 1.807) is 0 Å². The number of hydrogen-bond donors (Lipinski definition) is 0. The number of benzene rings is 5. The van der Waals surface area contributed by atoms with E-state index in [0.717, 1.165) is 57.7 Å². The molecule has 4 nitrogen and oxygen atoms in total. The van der Waals surface area contributed by atoms with Gasteiger partial charge >= 0.3 is 24.7 Å². The van der Waals surface area contributed by atoms with Crippen molar-refractivity contribution >= 4 is 43.6 Å². The summed E-state index contributed by atoms with van der Waals surface area (Å²) in [5, 5.41) is 11.1. The van der Waals surface area contributed by atoms with Crippen molar-refractivity contribution in [1.82, 2.24) is 14.1 Å². The molecule has 5 aromatic carbocycles. The summed E-state index contributed by atoms with van der Waals surface area (Å²) in [6.07, 6.45) is -17.0. The van der Waals surface area contributed by atoms with E-state index in [1.807, 2.05) is 6.07 Å². The molecule has 8 rings (SSSR count). The molecule has 0 bridgehead atoms. The Morgan fingerprint density at radius 1 is 0.411 bits per heavy atom. The Morgan fingerprint density at radius 2 is 0.714 bits per heavy atom. The van der Waals surface area contributed by atoms with Gasteiger partial charge in [0.2, 0.25) is 0 Å². The van der Waals surface area contributed by atoms with Crippen LogP contribution >= 0.6 is 0 Å². The number of alkyl halides is 12. The van der Waals surface area contributed by atoms with Gasteiger partial charge in [0, 0.05) is 33.9 Å². The molecule has 56 heavy (non-hydrogen) atoms. The fourth-order valence-electron chi connectivity index (χ4n) is 7.05. The first-order valence-corrected chi connectivity index (χ1v) is 16.2. The molecule has 0 spiro atoms. The molecule has 282 valence electrons. The predicted octanol–water partition coefficient (Wildman–Crippen LogP) is 12.9. The van der Waals surface area contributed by atoms with Crippen LogP contribution < -0.4 is 0 Å². The minimum Gasteiger partial charge on any atom is -0.308 e. The Labute approximate surface area is 306 Å². The smallest absolute Gasteiger partial charge is 0.308 e. The van der Waals surface area contributed by atoms with E-state index in [4.69, 9.17) is 0 Å². The first-order chi connectivity index (χ1) is 26.3. The third-order valence-electron chi connectivity index (χ3n) is 9.55. The molecular weight excluding hydrogens is 764 g/mol. The van der Waals surface area contributed by atoms with Crippen LogP contribution in [-0.2, 0) is 24.7 Å². The van der Waals surface area contributed by atoms with Crippen LogP contribution in [0, 0.1) is 11.3 Å². The summed E-state index contributed by atoms with van der Waals surface area (Å²) >= 11 is 0. The van der Waals surface area contributed by atoms with E-state index in [9.17, 15) is 57.9 Å². The molecule has 0 fully saturated rings. The Kier molecular flexibility index (Phi) is 7.98. The van der Waals surface area contributed by atoms with Gasteiger partial charge < -0.3 is 9.13 Å². The van der Waals surface area contributed by atoms with E-state index in [-0.39, 0.29) is 60.5 Å². The molecule has 0 aliphatic heterocycles. The van der Waals surface area contributed by atoms with Crippen LogP contribution in [0.3, 0.4) is 0 Å². The van der Waals surface area contributed by atoms with Crippen LogP contribution in [0.4, 0.5) is 52.7 Å². The zero-order chi connectivity index (χ0) is 40.1. The summed E-state index contributed by atoms with van der Waals surface area (Å²) in [6.45, 7) is 0. The fraction of sp³-hybridized carbons (Fsp3) is 0.100. The lowest BCUT2D eigenvalue weighted by molar-refractivity contribution is -0.138. The van der Waals surface area contributed by atoms with Crippen LogP contribution in [-0.4, -0.2) is 14.1 Å². The van der Waals surface area contributed by atoms with Crippen LogP contribution in [0.15, 0.2) is 109 Å². The standard InChI is InChI=1S/C40H18F12N4/c41-37(42,43)22-1-5-26-27-6-2-23(38(44,45)46)16-34(27)55(33(26)15-22)31-13-21(20-9-11-54-12-10-20)14-32(30(31)19-53)56-35-17-24(39(47,48)49)3-7-28(35)29-8-4-25(18-36(29)56)40(50,51)52/h1-18H. The number of fused-ring (bicyclic) bond motifs is 6. The number of nitriles is 1. The van der Waals surface area contributed by atoms with Crippen molar-refractivity contribution in [1.29, 1.82) is 5.26 Å². The Balaban J connectivity index is 1.60. The highest BCUT2D eigenvalue weighted by Crippen LogP contribution is 2.44. The first kappa shape index (κ1) is 36.5. The van der Waals surface area contributed by atoms with Crippen molar-refractivity contribution in [3.63, 3.8) is 0 Å². The largest absolute Gasteiger partial charge is 0.416 e. The highest BCUT2D eigenvalue weighted by Gasteiger charge is 2.36. The number of hydrogen-bond acceptors (Lipinski definition) is 2. The monoisotopic (exact) mass is 782 g/mol. The number of nitrogens with zero attached hydrogens (tertiary/aromatic N) is 4. The zero-order valence-corrected chi connectivity index (χ0v) is 27.7. The van der Waals surface area contributed by atoms with Crippen LogP contribution in [0.2, 0.25) is 0 Å². The maximum Gasteiger partial charge on any atom is 0.416 e. The maximum absolute atomic E-state index is 14.2. The third-order valence-corrected chi connectivity index (χ3v) is 9.55. The molecule has 0 atom stereocenters. The third kappa shape index (κ3) is 5.94.